The van der Waals surface area contributed by atoms with Crippen molar-refractivity contribution >= 4 is 11.8 Å². The summed E-state index contributed by atoms with van der Waals surface area (Å²) in [4.78, 5) is 27.8. The molecule has 188 valence electrons. The number of ether oxygens (including phenoxy) is 1. The van der Waals surface area contributed by atoms with Gasteiger partial charge in [-0.3, -0.25) is 9.59 Å². The number of benzene rings is 3. The smallest absolute Gasteiger partial charge is 0.416 e. The number of amides is 2. The molecule has 3 aromatic rings. The van der Waals surface area contributed by atoms with Crippen LogP contribution in [-0.2, 0) is 17.5 Å². The monoisotopic (exact) mass is 500 g/mol. The molecular formula is C27H24F4N2O3. The fourth-order valence-electron chi connectivity index (χ4n) is 4.36. The highest BCUT2D eigenvalue weighted by Crippen LogP contribution is 2.37. The summed E-state index contributed by atoms with van der Waals surface area (Å²) in [5.41, 5.74) is 0.567. The van der Waals surface area contributed by atoms with Crippen LogP contribution in [0.4, 0.5) is 17.6 Å². The lowest BCUT2D eigenvalue weighted by molar-refractivity contribution is -0.137. The van der Waals surface area contributed by atoms with E-state index in [0.29, 0.717) is 22.4 Å². The number of methoxy groups -OCH3 is 1. The van der Waals surface area contributed by atoms with Crippen molar-refractivity contribution in [1.82, 2.24) is 10.2 Å². The van der Waals surface area contributed by atoms with Crippen molar-refractivity contribution in [3.8, 4) is 5.75 Å². The summed E-state index contributed by atoms with van der Waals surface area (Å²) < 4.78 is 58.4. The summed E-state index contributed by atoms with van der Waals surface area (Å²) in [6.07, 6.45) is -4.53. The highest BCUT2D eigenvalue weighted by molar-refractivity contribution is 5.95. The third kappa shape index (κ3) is 5.67. The van der Waals surface area contributed by atoms with Gasteiger partial charge < -0.3 is 15.0 Å². The van der Waals surface area contributed by atoms with E-state index in [9.17, 15) is 27.2 Å². The van der Waals surface area contributed by atoms with Crippen LogP contribution in [0.25, 0.3) is 0 Å². The first-order chi connectivity index (χ1) is 17.2. The zero-order valence-electron chi connectivity index (χ0n) is 19.4. The summed E-state index contributed by atoms with van der Waals surface area (Å²) >= 11 is 0. The highest BCUT2D eigenvalue weighted by Gasteiger charge is 2.41. The van der Waals surface area contributed by atoms with Crippen LogP contribution in [0.2, 0.25) is 0 Å². The molecule has 1 aliphatic heterocycles. The van der Waals surface area contributed by atoms with E-state index >= 15 is 0 Å². The van der Waals surface area contributed by atoms with Crippen molar-refractivity contribution in [3.63, 3.8) is 0 Å². The second-order valence-electron chi connectivity index (χ2n) is 8.62. The number of hydrogen-bond donors (Lipinski definition) is 1. The molecule has 1 saturated heterocycles. The molecule has 1 aliphatic rings. The Morgan fingerprint density at radius 1 is 1.00 bits per heavy atom. The average molecular weight is 500 g/mol. The molecule has 1 heterocycles. The lowest BCUT2D eigenvalue weighted by Gasteiger charge is -2.19. The summed E-state index contributed by atoms with van der Waals surface area (Å²) in [6, 6.07) is 17.0. The SMILES string of the molecule is COc1ccc(C(=O)N2C[C@H](C(=O)NCc3ccc(F)cc3)[C@H](c3cccc(C(F)(F)F)c3)C2)cc1. The maximum atomic E-state index is 13.4. The van der Waals surface area contributed by atoms with E-state index in [0.717, 1.165) is 12.1 Å². The van der Waals surface area contributed by atoms with Gasteiger partial charge in [0.2, 0.25) is 5.91 Å². The Balaban J connectivity index is 1.58. The van der Waals surface area contributed by atoms with Gasteiger partial charge in [-0.25, -0.2) is 4.39 Å². The number of carbonyl (C=O) groups excluding carboxylic acids is 2. The fourth-order valence-corrected chi connectivity index (χ4v) is 4.36. The van der Waals surface area contributed by atoms with Gasteiger partial charge >= 0.3 is 6.18 Å². The minimum absolute atomic E-state index is 0.0427. The Morgan fingerprint density at radius 2 is 1.69 bits per heavy atom. The largest absolute Gasteiger partial charge is 0.497 e. The number of alkyl halides is 3. The molecule has 0 aliphatic carbocycles. The van der Waals surface area contributed by atoms with E-state index in [-0.39, 0.29) is 25.5 Å². The molecule has 3 aromatic carbocycles. The van der Waals surface area contributed by atoms with Crippen LogP contribution in [-0.4, -0.2) is 36.9 Å². The zero-order valence-corrected chi connectivity index (χ0v) is 19.4. The van der Waals surface area contributed by atoms with Gasteiger partial charge in [0, 0.05) is 31.1 Å². The molecule has 0 spiro atoms. The van der Waals surface area contributed by atoms with Crippen molar-refractivity contribution in [3.05, 3.63) is 101 Å². The topological polar surface area (TPSA) is 58.6 Å². The second-order valence-corrected chi connectivity index (χ2v) is 8.62. The van der Waals surface area contributed by atoms with Crippen LogP contribution in [0, 0.1) is 11.7 Å². The molecule has 0 bridgehead atoms. The third-order valence-corrected chi connectivity index (χ3v) is 6.30. The number of nitrogens with zero attached hydrogens (tertiary/aromatic N) is 1. The van der Waals surface area contributed by atoms with E-state index in [1.165, 1.54) is 42.3 Å². The Labute approximate surface area is 205 Å². The molecule has 0 saturated carbocycles. The van der Waals surface area contributed by atoms with E-state index in [4.69, 9.17) is 4.74 Å². The minimum atomic E-state index is -4.53. The Hall–Kier alpha value is -3.88. The lowest BCUT2D eigenvalue weighted by Crippen LogP contribution is -2.35. The number of halogens is 4. The van der Waals surface area contributed by atoms with Gasteiger partial charge in [0.25, 0.3) is 5.91 Å². The second kappa shape index (κ2) is 10.4. The first-order valence-electron chi connectivity index (χ1n) is 11.3. The average Bonchev–Trinajstić information content (AvgIpc) is 3.33. The van der Waals surface area contributed by atoms with E-state index in [1.807, 2.05) is 0 Å². The third-order valence-electron chi connectivity index (χ3n) is 6.30. The van der Waals surface area contributed by atoms with Crippen LogP contribution in [0.1, 0.15) is 33.0 Å². The molecule has 36 heavy (non-hydrogen) atoms. The molecule has 0 unspecified atom stereocenters. The highest BCUT2D eigenvalue weighted by atomic mass is 19.4. The summed E-state index contributed by atoms with van der Waals surface area (Å²) in [6.45, 7) is 0.249. The predicted molar refractivity (Wildman–Crippen MR) is 125 cm³/mol. The van der Waals surface area contributed by atoms with E-state index < -0.39 is 35.3 Å². The van der Waals surface area contributed by atoms with Gasteiger partial charge in [0.15, 0.2) is 0 Å². The first kappa shape index (κ1) is 25.2. The number of nitrogens with one attached hydrogen (secondary N) is 1. The molecule has 5 nitrogen and oxygen atoms in total. The predicted octanol–water partition coefficient (Wildman–Crippen LogP) is 5.03. The number of rotatable bonds is 6. The Morgan fingerprint density at radius 3 is 2.33 bits per heavy atom. The normalized spacial score (nSPS) is 17.6. The van der Waals surface area contributed by atoms with E-state index in [1.54, 1.807) is 30.3 Å². The van der Waals surface area contributed by atoms with Gasteiger partial charge in [-0.2, -0.15) is 13.2 Å². The van der Waals surface area contributed by atoms with Gasteiger partial charge in [-0.15, -0.1) is 0 Å². The maximum absolute atomic E-state index is 13.4. The summed E-state index contributed by atoms with van der Waals surface area (Å²) in [7, 11) is 1.51. The molecule has 1 fully saturated rings. The Bertz CT molecular complexity index is 1230. The van der Waals surface area contributed by atoms with Crippen molar-refractivity contribution in [2.24, 2.45) is 5.92 Å². The quantitative estimate of drug-likeness (QED) is 0.484. The standard InChI is InChI=1S/C27H24F4N2O3/c1-36-22-11-7-18(8-12-22)26(35)33-15-23(19-3-2-4-20(13-19)27(29,30)31)24(16-33)25(34)32-14-17-5-9-21(28)10-6-17/h2-13,23-24H,14-16H2,1H3,(H,32,34)/t23-,24-/m0/s1. The van der Waals surface area contributed by atoms with Crippen LogP contribution < -0.4 is 10.1 Å². The molecule has 2 amide bonds. The van der Waals surface area contributed by atoms with Gasteiger partial charge in [-0.1, -0.05) is 30.3 Å². The zero-order chi connectivity index (χ0) is 25.9. The van der Waals surface area contributed by atoms with Crippen molar-refractivity contribution in [2.75, 3.05) is 20.2 Å². The van der Waals surface area contributed by atoms with Crippen molar-refractivity contribution < 1.29 is 31.9 Å². The molecule has 4 rings (SSSR count). The maximum Gasteiger partial charge on any atom is 0.416 e. The minimum Gasteiger partial charge on any atom is -0.497 e. The van der Waals surface area contributed by atoms with Crippen LogP contribution in [0.3, 0.4) is 0 Å². The van der Waals surface area contributed by atoms with Crippen molar-refractivity contribution in [1.29, 1.82) is 0 Å². The van der Waals surface area contributed by atoms with Gasteiger partial charge in [0.05, 0.1) is 18.6 Å². The first-order valence-corrected chi connectivity index (χ1v) is 11.3. The van der Waals surface area contributed by atoms with Crippen LogP contribution in [0.15, 0.2) is 72.8 Å². The summed E-state index contributed by atoms with van der Waals surface area (Å²) in [5, 5.41) is 2.78. The molecular weight excluding hydrogens is 476 g/mol. The lowest BCUT2D eigenvalue weighted by atomic mass is 9.87. The fraction of sp³-hybridized carbons (Fsp3) is 0.259. The molecule has 2 atom stereocenters. The van der Waals surface area contributed by atoms with E-state index in [2.05, 4.69) is 5.32 Å². The number of hydrogen-bond acceptors (Lipinski definition) is 3. The molecule has 0 radical (unpaired) electrons. The van der Waals surface area contributed by atoms with Crippen LogP contribution >= 0.6 is 0 Å². The van der Waals surface area contributed by atoms with Gasteiger partial charge in [-0.05, 0) is 53.6 Å². The summed E-state index contributed by atoms with van der Waals surface area (Å²) in [5.74, 6) is -1.96. The Kier molecular flexibility index (Phi) is 7.28. The van der Waals surface area contributed by atoms with Gasteiger partial charge in [0.1, 0.15) is 11.6 Å². The number of likely N-dealkylation sites (tertiary alicyclic amines) is 1. The number of carbonyl (C=O) groups is 2. The van der Waals surface area contributed by atoms with Crippen LogP contribution in [0.5, 0.6) is 5.75 Å². The molecule has 0 aromatic heterocycles. The molecule has 1 N–H and O–H groups in total. The van der Waals surface area contributed by atoms with Crippen molar-refractivity contribution in [2.45, 2.75) is 18.6 Å². The molecule has 9 heteroatoms.